The SMILES string of the molecule is CCOC(=S)CC(=O)N(CC)CC. The van der Waals surface area contributed by atoms with E-state index in [4.69, 9.17) is 17.0 Å². The summed E-state index contributed by atoms with van der Waals surface area (Å²) >= 11 is 4.87. The minimum atomic E-state index is 0.0449. The third-order valence-electron chi connectivity index (χ3n) is 1.72. The van der Waals surface area contributed by atoms with Crippen LogP contribution in [-0.2, 0) is 9.53 Å². The van der Waals surface area contributed by atoms with Crippen LogP contribution < -0.4 is 0 Å². The zero-order valence-corrected chi connectivity index (χ0v) is 9.32. The molecular formula is C9H17NO2S. The zero-order chi connectivity index (χ0) is 10.3. The van der Waals surface area contributed by atoms with Crippen molar-refractivity contribution in [2.75, 3.05) is 19.7 Å². The van der Waals surface area contributed by atoms with Crippen molar-refractivity contribution < 1.29 is 9.53 Å². The van der Waals surface area contributed by atoms with Crippen molar-refractivity contribution in [3.05, 3.63) is 0 Å². The Kier molecular flexibility index (Phi) is 6.49. The highest BCUT2D eigenvalue weighted by atomic mass is 32.1. The van der Waals surface area contributed by atoms with Crippen LogP contribution in [0.3, 0.4) is 0 Å². The molecule has 0 saturated carbocycles. The molecule has 0 rings (SSSR count). The molecule has 0 radical (unpaired) electrons. The summed E-state index contributed by atoms with van der Waals surface area (Å²) in [5.41, 5.74) is 0. The van der Waals surface area contributed by atoms with Gasteiger partial charge in [-0.25, -0.2) is 0 Å². The number of carbonyl (C=O) groups is 1. The lowest BCUT2D eigenvalue weighted by Crippen LogP contribution is -2.32. The van der Waals surface area contributed by atoms with Crippen LogP contribution in [0.4, 0.5) is 0 Å². The molecule has 13 heavy (non-hydrogen) atoms. The van der Waals surface area contributed by atoms with Gasteiger partial charge >= 0.3 is 0 Å². The van der Waals surface area contributed by atoms with Gasteiger partial charge in [0.15, 0.2) is 5.05 Å². The van der Waals surface area contributed by atoms with Crippen LogP contribution in [0.1, 0.15) is 27.2 Å². The molecule has 0 aromatic rings. The Balaban J connectivity index is 3.90. The van der Waals surface area contributed by atoms with Crippen molar-refractivity contribution in [2.24, 2.45) is 0 Å². The molecule has 0 aromatic carbocycles. The number of nitrogens with zero attached hydrogens (tertiary/aromatic N) is 1. The lowest BCUT2D eigenvalue weighted by Gasteiger charge is -2.18. The predicted molar refractivity (Wildman–Crippen MR) is 56.8 cm³/mol. The summed E-state index contributed by atoms with van der Waals surface area (Å²) in [6.45, 7) is 7.74. The Morgan fingerprint density at radius 1 is 1.31 bits per heavy atom. The molecule has 0 unspecified atom stereocenters. The molecule has 76 valence electrons. The summed E-state index contributed by atoms with van der Waals surface area (Å²) in [6.07, 6.45) is 0.227. The molecule has 0 spiro atoms. The van der Waals surface area contributed by atoms with Crippen LogP contribution >= 0.6 is 12.2 Å². The van der Waals surface area contributed by atoms with Crippen LogP contribution in [0.2, 0.25) is 0 Å². The van der Waals surface area contributed by atoms with Gasteiger partial charge in [-0.05, 0) is 33.0 Å². The van der Waals surface area contributed by atoms with E-state index in [1.807, 2.05) is 20.8 Å². The smallest absolute Gasteiger partial charge is 0.231 e. The number of amides is 1. The van der Waals surface area contributed by atoms with Crippen LogP contribution in [0.15, 0.2) is 0 Å². The Morgan fingerprint density at radius 2 is 1.85 bits per heavy atom. The van der Waals surface area contributed by atoms with Crippen LogP contribution in [0.25, 0.3) is 0 Å². The van der Waals surface area contributed by atoms with Gasteiger partial charge in [-0.1, -0.05) is 0 Å². The van der Waals surface area contributed by atoms with Gasteiger partial charge in [-0.15, -0.1) is 0 Å². The monoisotopic (exact) mass is 203 g/mol. The molecular weight excluding hydrogens is 186 g/mol. The number of ether oxygens (including phenoxy) is 1. The summed E-state index contributed by atoms with van der Waals surface area (Å²) in [7, 11) is 0. The van der Waals surface area contributed by atoms with Crippen molar-refractivity contribution >= 4 is 23.2 Å². The largest absolute Gasteiger partial charge is 0.487 e. The van der Waals surface area contributed by atoms with Gasteiger partial charge in [0.2, 0.25) is 5.91 Å². The van der Waals surface area contributed by atoms with E-state index in [0.29, 0.717) is 11.7 Å². The van der Waals surface area contributed by atoms with Gasteiger partial charge in [0.25, 0.3) is 0 Å². The normalized spacial score (nSPS) is 9.46. The van der Waals surface area contributed by atoms with E-state index in [1.54, 1.807) is 4.90 Å². The van der Waals surface area contributed by atoms with Crippen molar-refractivity contribution in [2.45, 2.75) is 27.2 Å². The topological polar surface area (TPSA) is 29.5 Å². The summed E-state index contributed by atoms with van der Waals surface area (Å²) in [4.78, 5) is 13.2. The zero-order valence-electron chi connectivity index (χ0n) is 8.50. The molecule has 0 aliphatic rings. The van der Waals surface area contributed by atoms with E-state index in [2.05, 4.69) is 0 Å². The molecule has 0 N–H and O–H groups in total. The van der Waals surface area contributed by atoms with Crippen molar-refractivity contribution in [1.82, 2.24) is 4.90 Å². The fraction of sp³-hybridized carbons (Fsp3) is 0.778. The molecule has 1 amide bonds. The first-order chi connectivity index (χ1) is 6.15. The Morgan fingerprint density at radius 3 is 2.23 bits per heavy atom. The first-order valence-electron chi connectivity index (χ1n) is 4.59. The van der Waals surface area contributed by atoms with Crippen LogP contribution in [-0.4, -0.2) is 35.6 Å². The lowest BCUT2D eigenvalue weighted by atomic mass is 10.3. The highest BCUT2D eigenvalue weighted by molar-refractivity contribution is 7.80. The first-order valence-corrected chi connectivity index (χ1v) is 4.99. The predicted octanol–water partition coefficient (Wildman–Crippen LogP) is 1.61. The third-order valence-corrected chi connectivity index (χ3v) is 1.98. The number of hydrogen-bond acceptors (Lipinski definition) is 3. The molecule has 0 atom stereocenters. The van der Waals surface area contributed by atoms with Gasteiger partial charge in [-0.3, -0.25) is 4.79 Å². The number of carbonyl (C=O) groups excluding carboxylic acids is 1. The van der Waals surface area contributed by atoms with Crippen LogP contribution in [0.5, 0.6) is 0 Å². The quantitative estimate of drug-likeness (QED) is 0.636. The second-order valence-corrected chi connectivity index (χ2v) is 3.00. The standard InChI is InChI=1S/C9H17NO2S/c1-4-10(5-2)8(11)7-9(13)12-6-3/h4-7H2,1-3H3. The summed E-state index contributed by atoms with van der Waals surface area (Å²) in [6, 6.07) is 0. The Labute approximate surface area is 85.1 Å². The molecule has 4 heteroatoms. The van der Waals surface area contributed by atoms with E-state index in [0.717, 1.165) is 13.1 Å². The van der Waals surface area contributed by atoms with Gasteiger partial charge in [0.1, 0.15) is 0 Å². The van der Waals surface area contributed by atoms with Gasteiger partial charge in [-0.2, -0.15) is 0 Å². The van der Waals surface area contributed by atoms with E-state index in [1.165, 1.54) is 0 Å². The Hall–Kier alpha value is -0.640. The Bertz CT molecular complexity index is 178. The fourth-order valence-electron chi connectivity index (χ4n) is 1.02. The second kappa shape index (κ2) is 6.83. The second-order valence-electron chi connectivity index (χ2n) is 2.55. The van der Waals surface area contributed by atoms with E-state index < -0.39 is 0 Å². The highest BCUT2D eigenvalue weighted by Crippen LogP contribution is 1.97. The first kappa shape index (κ1) is 12.4. The summed E-state index contributed by atoms with van der Waals surface area (Å²) < 4.78 is 5.04. The maximum Gasteiger partial charge on any atom is 0.231 e. The summed E-state index contributed by atoms with van der Waals surface area (Å²) in [5.74, 6) is 0.0449. The highest BCUT2D eigenvalue weighted by Gasteiger charge is 2.11. The maximum absolute atomic E-state index is 11.4. The molecule has 0 bridgehead atoms. The number of rotatable bonds is 5. The van der Waals surface area contributed by atoms with E-state index >= 15 is 0 Å². The van der Waals surface area contributed by atoms with Crippen molar-refractivity contribution in [1.29, 1.82) is 0 Å². The van der Waals surface area contributed by atoms with Gasteiger partial charge in [0, 0.05) is 13.1 Å². The van der Waals surface area contributed by atoms with E-state index in [9.17, 15) is 4.79 Å². The lowest BCUT2D eigenvalue weighted by molar-refractivity contribution is -0.129. The average molecular weight is 203 g/mol. The molecule has 0 saturated heterocycles. The molecule has 0 aliphatic heterocycles. The van der Waals surface area contributed by atoms with Crippen molar-refractivity contribution in [3.63, 3.8) is 0 Å². The molecule has 0 aromatic heterocycles. The minimum Gasteiger partial charge on any atom is -0.487 e. The van der Waals surface area contributed by atoms with Crippen molar-refractivity contribution in [3.8, 4) is 0 Å². The molecule has 0 fully saturated rings. The molecule has 0 heterocycles. The minimum absolute atomic E-state index is 0.0449. The molecule has 3 nitrogen and oxygen atoms in total. The number of hydrogen-bond donors (Lipinski definition) is 0. The maximum atomic E-state index is 11.4. The average Bonchev–Trinajstić information content (AvgIpc) is 2.06. The summed E-state index contributed by atoms with van der Waals surface area (Å²) in [5, 5.41) is 0.388. The molecule has 0 aliphatic carbocycles. The van der Waals surface area contributed by atoms with Crippen LogP contribution in [0, 0.1) is 0 Å². The fourth-order valence-corrected chi connectivity index (χ4v) is 1.26. The van der Waals surface area contributed by atoms with E-state index in [-0.39, 0.29) is 12.3 Å². The third kappa shape index (κ3) is 4.83. The van der Waals surface area contributed by atoms with Gasteiger partial charge in [0.05, 0.1) is 13.0 Å². The van der Waals surface area contributed by atoms with Gasteiger partial charge < -0.3 is 9.64 Å². The number of thiocarbonyl (C=S) groups is 1.